The molecule has 7 heteroatoms. The van der Waals surface area contributed by atoms with E-state index in [4.69, 9.17) is 23.2 Å². The maximum absolute atomic E-state index is 12.2. The first-order valence-electron chi connectivity index (χ1n) is 5.82. The van der Waals surface area contributed by atoms with Gasteiger partial charge >= 0.3 is 0 Å². The molecule has 100 valence electrons. The Hall–Kier alpha value is -1.33. The van der Waals surface area contributed by atoms with E-state index in [0.29, 0.717) is 18.0 Å². The van der Waals surface area contributed by atoms with Crippen LogP contribution in [0.1, 0.15) is 13.3 Å². The summed E-state index contributed by atoms with van der Waals surface area (Å²) in [7, 11) is 1.79. The highest BCUT2D eigenvalue weighted by Crippen LogP contribution is 2.64. The molecule has 1 saturated carbocycles. The molecule has 0 unspecified atom stereocenters. The van der Waals surface area contributed by atoms with Gasteiger partial charge in [-0.1, -0.05) is 0 Å². The zero-order valence-corrected chi connectivity index (χ0v) is 12.0. The van der Waals surface area contributed by atoms with E-state index in [1.807, 2.05) is 6.07 Å². The van der Waals surface area contributed by atoms with Gasteiger partial charge in [0.05, 0.1) is 5.41 Å². The van der Waals surface area contributed by atoms with Gasteiger partial charge in [-0.25, -0.2) is 9.97 Å². The van der Waals surface area contributed by atoms with Crippen molar-refractivity contribution in [1.29, 1.82) is 0 Å². The molecular weight excluding hydrogens is 287 g/mol. The first-order chi connectivity index (χ1) is 8.85. The first kappa shape index (κ1) is 12.7. The van der Waals surface area contributed by atoms with Crippen molar-refractivity contribution in [2.45, 2.75) is 17.7 Å². The minimum Gasteiger partial charge on any atom is -0.298 e. The molecule has 3 rings (SSSR count). The fourth-order valence-corrected chi connectivity index (χ4v) is 2.73. The van der Waals surface area contributed by atoms with Crippen LogP contribution in [0.25, 0.3) is 11.2 Å². The highest BCUT2D eigenvalue weighted by atomic mass is 35.5. The molecule has 1 atom stereocenters. The van der Waals surface area contributed by atoms with Crippen molar-refractivity contribution >= 4 is 46.2 Å². The fraction of sp³-hybridized carbons (Fsp3) is 0.417. The Morgan fingerprint density at radius 3 is 2.79 bits per heavy atom. The summed E-state index contributed by atoms with van der Waals surface area (Å²) in [6.07, 6.45) is 2.12. The van der Waals surface area contributed by atoms with Crippen molar-refractivity contribution in [3.63, 3.8) is 0 Å². The van der Waals surface area contributed by atoms with Crippen LogP contribution in [0.2, 0.25) is 0 Å². The lowest BCUT2D eigenvalue weighted by atomic mass is 10.1. The molecule has 2 aromatic heterocycles. The van der Waals surface area contributed by atoms with Crippen LogP contribution in [0.3, 0.4) is 0 Å². The number of halogens is 2. The number of alkyl halides is 2. The van der Waals surface area contributed by atoms with Gasteiger partial charge in [0.15, 0.2) is 5.65 Å². The number of nitrogens with zero attached hydrogens (tertiary/aromatic N) is 3. The number of anilines is 1. The predicted octanol–water partition coefficient (Wildman–Crippen LogP) is 2.49. The van der Waals surface area contributed by atoms with E-state index in [2.05, 4.69) is 15.3 Å². The Bertz CT molecular complexity index is 681. The largest absolute Gasteiger partial charge is 0.298 e. The number of aryl methyl sites for hydroxylation is 1. The lowest BCUT2D eigenvalue weighted by Crippen LogP contribution is -2.27. The average molecular weight is 299 g/mol. The van der Waals surface area contributed by atoms with Crippen molar-refractivity contribution in [3.05, 3.63) is 18.3 Å². The average Bonchev–Trinajstić information content (AvgIpc) is 2.73. The normalized spacial score (nSPS) is 24.4. The summed E-state index contributed by atoms with van der Waals surface area (Å²) in [5.74, 6) is 0.215. The van der Waals surface area contributed by atoms with Gasteiger partial charge in [0.25, 0.3) is 0 Å². The summed E-state index contributed by atoms with van der Waals surface area (Å²) in [5, 5.41) is 2.76. The van der Waals surface area contributed by atoms with Crippen molar-refractivity contribution < 1.29 is 4.79 Å². The van der Waals surface area contributed by atoms with Crippen LogP contribution >= 0.6 is 23.2 Å². The molecule has 0 bridgehead atoms. The number of amides is 1. The number of carbonyl (C=O) groups excluding carboxylic acids is 1. The predicted molar refractivity (Wildman–Crippen MR) is 74.3 cm³/mol. The Morgan fingerprint density at radius 1 is 1.53 bits per heavy atom. The second kappa shape index (κ2) is 3.84. The molecular formula is C12H12Cl2N4O. The number of imidazole rings is 1. The molecule has 19 heavy (non-hydrogen) atoms. The van der Waals surface area contributed by atoms with Gasteiger partial charge in [-0.05, 0) is 25.5 Å². The second-order valence-electron chi connectivity index (χ2n) is 5.01. The first-order valence-corrected chi connectivity index (χ1v) is 6.57. The van der Waals surface area contributed by atoms with Crippen LogP contribution in [0.4, 0.5) is 5.95 Å². The summed E-state index contributed by atoms with van der Waals surface area (Å²) < 4.78 is 0.739. The van der Waals surface area contributed by atoms with Crippen molar-refractivity contribution in [1.82, 2.24) is 14.5 Å². The third-order valence-electron chi connectivity index (χ3n) is 3.61. The van der Waals surface area contributed by atoms with Crippen LogP contribution in [0.15, 0.2) is 18.3 Å². The Labute approximate surface area is 119 Å². The molecule has 2 heterocycles. The standard InChI is InChI=1S/C12H12Cl2N4O/c1-11(6-12(11,13)14)9(19)17-10-16-7-4-3-5-15-8(7)18(10)2/h3-5H,6H2,1-2H3,(H,16,17,19)/t11-/m0/s1. The molecule has 1 aliphatic rings. The number of nitrogens with one attached hydrogen (secondary N) is 1. The van der Waals surface area contributed by atoms with Gasteiger partial charge in [-0.2, -0.15) is 0 Å². The Balaban J connectivity index is 1.91. The van der Waals surface area contributed by atoms with E-state index >= 15 is 0 Å². The highest BCUT2D eigenvalue weighted by Gasteiger charge is 2.68. The molecule has 0 aromatic carbocycles. The van der Waals surface area contributed by atoms with Gasteiger partial charge < -0.3 is 0 Å². The van der Waals surface area contributed by atoms with E-state index in [9.17, 15) is 4.79 Å². The van der Waals surface area contributed by atoms with Gasteiger partial charge in [0, 0.05) is 13.2 Å². The minimum atomic E-state index is -0.986. The maximum Gasteiger partial charge on any atom is 0.235 e. The number of pyridine rings is 1. The molecule has 0 saturated heterocycles. The number of hydrogen-bond acceptors (Lipinski definition) is 3. The lowest BCUT2D eigenvalue weighted by Gasteiger charge is -2.11. The summed E-state index contributed by atoms with van der Waals surface area (Å²) in [6.45, 7) is 1.74. The molecule has 0 aliphatic heterocycles. The maximum atomic E-state index is 12.2. The Morgan fingerprint density at radius 2 is 2.21 bits per heavy atom. The third-order valence-corrected chi connectivity index (χ3v) is 4.71. The highest BCUT2D eigenvalue weighted by molar-refractivity contribution is 6.53. The van der Waals surface area contributed by atoms with Crippen molar-refractivity contribution in [3.8, 4) is 0 Å². The lowest BCUT2D eigenvalue weighted by molar-refractivity contribution is -0.120. The van der Waals surface area contributed by atoms with E-state index in [0.717, 1.165) is 5.52 Å². The minimum absolute atomic E-state index is 0.226. The van der Waals surface area contributed by atoms with Crippen LogP contribution in [-0.2, 0) is 11.8 Å². The molecule has 0 radical (unpaired) electrons. The van der Waals surface area contributed by atoms with Gasteiger partial charge in [-0.15, -0.1) is 23.2 Å². The molecule has 1 amide bonds. The number of carbonyl (C=O) groups is 1. The summed E-state index contributed by atoms with van der Waals surface area (Å²) in [5.41, 5.74) is 0.674. The zero-order chi connectivity index (χ0) is 13.8. The summed E-state index contributed by atoms with van der Waals surface area (Å²) in [4.78, 5) is 20.7. The number of rotatable bonds is 2. The molecule has 5 nitrogen and oxygen atoms in total. The number of hydrogen-bond donors (Lipinski definition) is 1. The Kier molecular flexibility index (Phi) is 2.56. The van der Waals surface area contributed by atoms with E-state index in [-0.39, 0.29) is 5.91 Å². The zero-order valence-electron chi connectivity index (χ0n) is 10.4. The summed E-state index contributed by atoms with van der Waals surface area (Å²) in [6, 6.07) is 3.63. The van der Waals surface area contributed by atoms with E-state index in [1.54, 1.807) is 30.8 Å². The third kappa shape index (κ3) is 1.80. The van der Waals surface area contributed by atoms with E-state index < -0.39 is 9.75 Å². The van der Waals surface area contributed by atoms with Crippen LogP contribution in [0.5, 0.6) is 0 Å². The van der Waals surface area contributed by atoms with Crippen LogP contribution in [-0.4, -0.2) is 24.8 Å². The molecule has 1 fully saturated rings. The van der Waals surface area contributed by atoms with Crippen molar-refractivity contribution in [2.24, 2.45) is 12.5 Å². The van der Waals surface area contributed by atoms with Gasteiger partial charge in [0.1, 0.15) is 9.85 Å². The smallest absolute Gasteiger partial charge is 0.235 e. The van der Waals surface area contributed by atoms with Crippen LogP contribution in [0, 0.1) is 5.41 Å². The number of aromatic nitrogens is 3. The molecule has 2 aromatic rings. The SMILES string of the molecule is Cn1c(NC(=O)[C@]2(C)CC2(Cl)Cl)nc2cccnc21. The van der Waals surface area contributed by atoms with Gasteiger partial charge in [-0.3, -0.25) is 14.7 Å². The summed E-state index contributed by atoms with van der Waals surface area (Å²) >= 11 is 12.0. The monoisotopic (exact) mass is 298 g/mol. The van der Waals surface area contributed by atoms with Crippen LogP contribution < -0.4 is 5.32 Å². The quantitative estimate of drug-likeness (QED) is 0.867. The molecule has 1 N–H and O–H groups in total. The fourth-order valence-electron chi connectivity index (χ4n) is 2.02. The topological polar surface area (TPSA) is 59.8 Å². The second-order valence-corrected chi connectivity index (χ2v) is 6.49. The molecule has 0 spiro atoms. The van der Waals surface area contributed by atoms with Gasteiger partial charge in [0.2, 0.25) is 11.9 Å². The van der Waals surface area contributed by atoms with Crippen molar-refractivity contribution in [2.75, 3.05) is 5.32 Å². The molecule has 1 aliphatic carbocycles. The number of fused-ring (bicyclic) bond motifs is 1. The van der Waals surface area contributed by atoms with E-state index in [1.165, 1.54) is 0 Å².